The fraction of sp³-hybridized carbons (Fsp3) is 0.385. The van der Waals surface area contributed by atoms with Crippen molar-refractivity contribution in [3.05, 3.63) is 65.9 Å². The highest BCUT2D eigenvalue weighted by molar-refractivity contribution is 6.00. The number of amides is 2. The third-order valence-electron chi connectivity index (χ3n) is 6.22. The fourth-order valence-corrected chi connectivity index (χ4v) is 4.16. The van der Waals surface area contributed by atoms with Crippen LogP contribution < -0.4 is 4.74 Å². The maximum Gasteiger partial charge on any atom is 0.270 e. The van der Waals surface area contributed by atoms with Crippen LogP contribution in [0.2, 0.25) is 0 Å². The average molecular weight is 434 g/mol. The Morgan fingerprint density at radius 1 is 0.969 bits per heavy atom. The predicted molar refractivity (Wildman–Crippen MR) is 126 cm³/mol. The van der Waals surface area contributed by atoms with Gasteiger partial charge in [0.05, 0.1) is 11.6 Å². The van der Waals surface area contributed by atoms with Gasteiger partial charge in [0, 0.05) is 45.0 Å². The molecule has 1 fully saturated rings. The summed E-state index contributed by atoms with van der Waals surface area (Å²) in [6, 6.07) is 18.2. The lowest BCUT2D eigenvalue weighted by molar-refractivity contribution is -0.130. The van der Waals surface area contributed by atoms with E-state index < -0.39 is 0 Å². The summed E-state index contributed by atoms with van der Waals surface area (Å²) in [7, 11) is 0. The van der Waals surface area contributed by atoms with Crippen LogP contribution in [-0.2, 0) is 11.3 Å². The molecule has 1 aliphatic rings. The monoisotopic (exact) mass is 433 g/mol. The summed E-state index contributed by atoms with van der Waals surface area (Å²) in [4.78, 5) is 28.9. The first-order valence-electron chi connectivity index (χ1n) is 11.4. The highest BCUT2D eigenvalue weighted by Crippen LogP contribution is 2.31. The maximum absolute atomic E-state index is 13.6. The zero-order valence-corrected chi connectivity index (χ0v) is 19.1. The van der Waals surface area contributed by atoms with Crippen molar-refractivity contribution in [3.8, 4) is 5.75 Å². The van der Waals surface area contributed by atoms with E-state index in [1.54, 1.807) is 11.8 Å². The van der Waals surface area contributed by atoms with Crippen LogP contribution in [0.15, 0.2) is 54.6 Å². The molecule has 168 valence electrons. The van der Waals surface area contributed by atoms with Crippen LogP contribution in [0.1, 0.15) is 43.2 Å². The van der Waals surface area contributed by atoms with Gasteiger partial charge in [-0.2, -0.15) is 0 Å². The molecule has 2 heterocycles. The minimum atomic E-state index is -0.00479. The van der Waals surface area contributed by atoms with Crippen LogP contribution in [0.5, 0.6) is 5.75 Å². The number of piperazine rings is 1. The Bertz CT molecular complexity index is 1100. The van der Waals surface area contributed by atoms with Gasteiger partial charge in [0.15, 0.2) is 0 Å². The normalized spacial score (nSPS) is 15.1. The van der Waals surface area contributed by atoms with Gasteiger partial charge in [0.25, 0.3) is 5.91 Å². The first kappa shape index (κ1) is 21.9. The predicted octanol–water partition coefficient (Wildman–Crippen LogP) is 4.17. The highest BCUT2D eigenvalue weighted by atomic mass is 16.5. The SMILES string of the molecule is CC[C@H](C)Oc1cccc2c1cc(C(=O)N1CCN(C(C)=O)CC1)n2Cc1ccccc1. The Labute approximate surface area is 189 Å². The summed E-state index contributed by atoms with van der Waals surface area (Å²) in [6.45, 7) is 8.56. The lowest BCUT2D eigenvalue weighted by Crippen LogP contribution is -2.50. The van der Waals surface area contributed by atoms with E-state index in [-0.39, 0.29) is 17.9 Å². The van der Waals surface area contributed by atoms with Gasteiger partial charge in [-0.25, -0.2) is 0 Å². The summed E-state index contributed by atoms with van der Waals surface area (Å²) >= 11 is 0. The van der Waals surface area contributed by atoms with Crippen LogP contribution in [0, 0.1) is 0 Å². The van der Waals surface area contributed by atoms with Crippen molar-refractivity contribution in [1.82, 2.24) is 14.4 Å². The third-order valence-corrected chi connectivity index (χ3v) is 6.22. The molecule has 0 radical (unpaired) electrons. The summed E-state index contributed by atoms with van der Waals surface area (Å²) < 4.78 is 8.27. The molecule has 0 unspecified atom stereocenters. The van der Waals surface area contributed by atoms with Gasteiger partial charge in [-0.15, -0.1) is 0 Å². The molecule has 1 saturated heterocycles. The second-order valence-electron chi connectivity index (χ2n) is 8.43. The molecule has 4 rings (SSSR count). The molecule has 1 atom stereocenters. The number of fused-ring (bicyclic) bond motifs is 1. The number of nitrogens with zero attached hydrogens (tertiary/aromatic N) is 3. The number of aromatic nitrogens is 1. The lowest BCUT2D eigenvalue weighted by atomic mass is 10.2. The molecule has 0 aliphatic carbocycles. The van der Waals surface area contributed by atoms with E-state index in [1.807, 2.05) is 47.4 Å². The van der Waals surface area contributed by atoms with Gasteiger partial charge in [-0.1, -0.05) is 43.3 Å². The van der Waals surface area contributed by atoms with E-state index in [2.05, 4.69) is 30.5 Å². The number of ether oxygens (including phenoxy) is 1. The molecule has 32 heavy (non-hydrogen) atoms. The molecule has 2 aromatic carbocycles. The Hall–Kier alpha value is -3.28. The largest absolute Gasteiger partial charge is 0.490 e. The average Bonchev–Trinajstić information content (AvgIpc) is 3.18. The first-order chi connectivity index (χ1) is 15.5. The molecule has 0 N–H and O–H groups in total. The quantitative estimate of drug-likeness (QED) is 0.586. The molecule has 1 aromatic heterocycles. The first-order valence-corrected chi connectivity index (χ1v) is 11.4. The van der Waals surface area contributed by atoms with Crippen molar-refractivity contribution in [2.24, 2.45) is 0 Å². The zero-order valence-electron chi connectivity index (χ0n) is 19.1. The van der Waals surface area contributed by atoms with Crippen LogP contribution in [0.3, 0.4) is 0 Å². The number of rotatable bonds is 6. The van der Waals surface area contributed by atoms with Crippen molar-refractivity contribution in [2.75, 3.05) is 26.2 Å². The smallest absolute Gasteiger partial charge is 0.270 e. The second kappa shape index (κ2) is 9.47. The zero-order chi connectivity index (χ0) is 22.7. The van der Waals surface area contributed by atoms with Crippen molar-refractivity contribution in [2.45, 2.75) is 39.8 Å². The lowest BCUT2D eigenvalue weighted by Gasteiger charge is -2.34. The molecular weight excluding hydrogens is 402 g/mol. The van der Waals surface area contributed by atoms with Gasteiger partial charge in [0.1, 0.15) is 11.4 Å². The molecular formula is C26H31N3O3. The fourth-order valence-electron chi connectivity index (χ4n) is 4.16. The van der Waals surface area contributed by atoms with E-state index in [1.165, 1.54) is 0 Å². The highest BCUT2D eigenvalue weighted by Gasteiger charge is 2.27. The van der Waals surface area contributed by atoms with E-state index in [0.717, 1.165) is 28.6 Å². The van der Waals surface area contributed by atoms with E-state index >= 15 is 0 Å². The maximum atomic E-state index is 13.6. The molecule has 6 nitrogen and oxygen atoms in total. The number of hydrogen-bond acceptors (Lipinski definition) is 3. The van der Waals surface area contributed by atoms with Crippen LogP contribution >= 0.6 is 0 Å². The standard InChI is InChI=1S/C26H31N3O3/c1-4-19(2)32-25-12-8-11-23-22(25)17-24(29(23)18-21-9-6-5-7-10-21)26(31)28-15-13-27(14-16-28)20(3)30/h5-12,17,19H,4,13-16,18H2,1-3H3/t19-/m0/s1. The van der Waals surface area contributed by atoms with Gasteiger partial charge in [0.2, 0.25) is 5.91 Å². The van der Waals surface area contributed by atoms with Gasteiger partial charge in [-0.3, -0.25) is 9.59 Å². The van der Waals surface area contributed by atoms with E-state index in [9.17, 15) is 9.59 Å². The number of hydrogen-bond donors (Lipinski definition) is 0. The topological polar surface area (TPSA) is 54.8 Å². The van der Waals surface area contributed by atoms with Crippen LogP contribution in [-0.4, -0.2) is 58.5 Å². The minimum Gasteiger partial charge on any atom is -0.490 e. The van der Waals surface area contributed by atoms with Crippen molar-refractivity contribution in [3.63, 3.8) is 0 Å². The second-order valence-corrected chi connectivity index (χ2v) is 8.43. The van der Waals surface area contributed by atoms with Crippen molar-refractivity contribution < 1.29 is 14.3 Å². The number of carbonyl (C=O) groups is 2. The minimum absolute atomic E-state index is 0.00479. The summed E-state index contributed by atoms with van der Waals surface area (Å²) in [6.07, 6.45) is 1.00. The van der Waals surface area contributed by atoms with E-state index in [4.69, 9.17) is 4.74 Å². The number of carbonyl (C=O) groups excluding carboxylic acids is 2. The molecule has 2 amide bonds. The summed E-state index contributed by atoms with van der Waals surface area (Å²) in [5.41, 5.74) is 2.77. The molecule has 3 aromatic rings. The van der Waals surface area contributed by atoms with Gasteiger partial charge in [-0.05, 0) is 37.1 Å². The molecule has 0 saturated carbocycles. The molecule has 6 heteroatoms. The molecule has 0 spiro atoms. The number of benzene rings is 2. The Morgan fingerprint density at radius 3 is 2.31 bits per heavy atom. The molecule has 1 aliphatic heterocycles. The van der Waals surface area contributed by atoms with E-state index in [0.29, 0.717) is 38.4 Å². The Balaban J connectivity index is 1.72. The Morgan fingerprint density at radius 2 is 1.66 bits per heavy atom. The summed E-state index contributed by atoms with van der Waals surface area (Å²) in [5.74, 6) is 0.857. The Kier molecular flexibility index (Phi) is 6.49. The van der Waals surface area contributed by atoms with Gasteiger partial charge >= 0.3 is 0 Å². The van der Waals surface area contributed by atoms with Crippen LogP contribution in [0.25, 0.3) is 10.9 Å². The molecule has 0 bridgehead atoms. The van der Waals surface area contributed by atoms with Crippen LogP contribution in [0.4, 0.5) is 0 Å². The third kappa shape index (κ3) is 4.49. The van der Waals surface area contributed by atoms with Gasteiger partial charge < -0.3 is 19.1 Å². The van der Waals surface area contributed by atoms with Crippen molar-refractivity contribution >= 4 is 22.7 Å². The summed E-state index contributed by atoms with van der Waals surface area (Å²) in [5, 5.41) is 0.953. The van der Waals surface area contributed by atoms with Crippen molar-refractivity contribution in [1.29, 1.82) is 0 Å².